The first-order valence-electron chi connectivity index (χ1n) is 10.1. The monoisotopic (exact) mass is 427 g/mol. The van der Waals surface area contributed by atoms with Gasteiger partial charge in [-0.15, -0.1) is 0 Å². The molecule has 30 heavy (non-hydrogen) atoms. The summed E-state index contributed by atoms with van der Waals surface area (Å²) in [6.45, 7) is 4.74. The summed E-state index contributed by atoms with van der Waals surface area (Å²) in [5.74, 6) is -1.49. The minimum Gasteiger partial charge on any atom is -0.347 e. The molecule has 1 heterocycles. The summed E-state index contributed by atoms with van der Waals surface area (Å²) in [5, 5.41) is 5.91. The standard InChI is InChI=1S/C23H26ClN3O3/c1-15(2)23(30)27-13-3-4-17-7-10-19(14-20(17)27)26-22(29)21(28)25-12-11-16-5-8-18(24)9-6-16/h5-10,14-15H,3-4,11-13H2,1-2H3,(H,25,28)(H,26,29). The van der Waals surface area contributed by atoms with E-state index in [1.54, 1.807) is 29.2 Å². The highest BCUT2D eigenvalue weighted by atomic mass is 35.5. The van der Waals surface area contributed by atoms with Gasteiger partial charge in [0.25, 0.3) is 0 Å². The van der Waals surface area contributed by atoms with Crippen molar-refractivity contribution in [2.45, 2.75) is 33.1 Å². The molecule has 0 spiro atoms. The number of nitrogens with zero attached hydrogens (tertiary/aromatic N) is 1. The van der Waals surface area contributed by atoms with Gasteiger partial charge in [0.2, 0.25) is 5.91 Å². The predicted molar refractivity (Wildman–Crippen MR) is 119 cm³/mol. The summed E-state index contributed by atoms with van der Waals surface area (Å²) in [5.41, 5.74) is 3.39. The quantitative estimate of drug-likeness (QED) is 0.716. The molecule has 0 bridgehead atoms. The molecule has 6 nitrogen and oxygen atoms in total. The van der Waals surface area contributed by atoms with Crippen molar-refractivity contribution in [1.29, 1.82) is 0 Å². The van der Waals surface area contributed by atoms with E-state index in [1.165, 1.54) is 0 Å². The van der Waals surface area contributed by atoms with Crippen LogP contribution in [0.3, 0.4) is 0 Å². The van der Waals surface area contributed by atoms with Crippen molar-refractivity contribution in [2.24, 2.45) is 5.92 Å². The summed E-state index contributed by atoms with van der Waals surface area (Å²) in [4.78, 5) is 38.7. The van der Waals surface area contributed by atoms with Crippen molar-refractivity contribution in [3.8, 4) is 0 Å². The summed E-state index contributed by atoms with van der Waals surface area (Å²) in [6, 6.07) is 12.8. The van der Waals surface area contributed by atoms with E-state index in [0.29, 0.717) is 30.2 Å². The largest absolute Gasteiger partial charge is 0.347 e. The number of carbonyl (C=O) groups is 3. The van der Waals surface area contributed by atoms with Crippen molar-refractivity contribution in [2.75, 3.05) is 23.3 Å². The number of anilines is 2. The molecule has 3 rings (SSSR count). The van der Waals surface area contributed by atoms with Crippen LogP contribution in [-0.4, -0.2) is 30.8 Å². The van der Waals surface area contributed by atoms with Gasteiger partial charge in [-0.05, 0) is 54.7 Å². The first-order valence-corrected chi connectivity index (χ1v) is 10.5. The Bertz CT molecular complexity index is 941. The zero-order valence-electron chi connectivity index (χ0n) is 17.2. The Hall–Kier alpha value is -2.86. The van der Waals surface area contributed by atoms with Gasteiger partial charge in [-0.25, -0.2) is 0 Å². The fraction of sp³-hybridized carbons (Fsp3) is 0.348. The fourth-order valence-corrected chi connectivity index (χ4v) is 3.56. The lowest BCUT2D eigenvalue weighted by atomic mass is 9.99. The van der Waals surface area contributed by atoms with E-state index in [2.05, 4.69) is 10.6 Å². The van der Waals surface area contributed by atoms with Crippen LogP contribution < -0.4 is 15.5 Å². The van der Waals surface area contributed by atoms with Crippen LogP contribution in [0.4, 0.5) is 11.4 Å². The molecule has 0 radical (unpaired) electrons. The molecule has 158 valence electrons. The molecule has 3 amide bonds. The number of amides is 3. The first kappa shape index (κ1) is 21.8. The summed E-state index contributed by atoms with van der Waals surface area (Å²) >= 11 is 5.86. The van der Waals surface area contributed by atoms with Gasteiger partial charge in [-0.2, -0.15) is 0 Å². The van der Waals surface area contributed by atoms with Crippen molar-refractivity contribution in [3.05, 3.63) is 58.6 Å². The zero-order chi connectivity index (χ0) is 21.7. The van der Waals surface area contributed by atoms with Crippen LogP contribution in [0.1, 0.15) is 31.4 Å². The maximum atomic E-state index is 12.5. The Labute approximate surface area is 181 Å². The molecule has 2 aromatic carbocycles. The lowest BCUT2D eigenvalue weighted by Gasteiger charge is -2.31. The lowest BCUT2D eigenvalue weighted by Crippen LogP contribution is -2.38. The van der Waals surface area contributed by atoms with Gasteiger partial charge in [0.1, 0.15) is 0 Å². The number of hydrogen-bond acceptors (Lipinski definition) is 3. The van der Waals surface area contributed by atoms with Crippen molar-refractivity contribution in [3.63, 3.8) is 0 Å². The van der Waals surface area contributed by atoms with Gasteiger partial charge in [-0.1, -0.05) is 43.6 Å². The van der Waals surface area contributed by atoms with Crippen LogP contribution in [0.25, 0.3) is 0 Å². The summed E-state index contributed by atoms with van der Waals surface area (Å²) in [6.07, 6.45) is 2.39. The van der Waals surface area contributed by atoms with E-state index in [1.807, 2.05) is 32.0 Å². The molecule has 2 N–H and O–H groups in total. The molecule has 1 aliphatic rings. The van der Waals surface area contributed by atoms with E-state index in [0.717, 1.165) is 29.7 Å². The number of halogens is 1. The van der Waals surface area contributed by atoms with Crippen molar-refractivity contribution in [1.82, 2.24) is 5.32 Å². The Morgan fingerprint density at radius 3 is 2.50 bits per heavy atom. The normalized spacial score (nSPS) is 13.0. The first-order chi connectivity index (χ1) is 14.3. The fourth-order valence-electron chi connectivity index (χ4n) is 3.43. The smallest absolute Gasteiger partial charge is 0.313 e. The maximum absolute atomic E-state index is 12.5. The number of benzene rings is 2. The average molecular weight is 428 g/mol. The number of fused-ring (bicyclic) bond motifs is 1. The van der Waals surface area contributed by atoms with E-state index in [-0.39, 0.29) is 11.8 Å². The number of nitrogens with one attached hydrogen (secondary N) is 2. The van der Waals surface area contributed by atoms with Crippen LogP contribution >= 0.6 is 11.6 Å². The molecule has 1 aliphatic heterocycles. The summed E-state index contributed by atoms with van der Waals surface area (Å²) in [7, 11) is 0. The Balaban J connectivity index is 1.59. The molecule has 0 saturated heterocycles. The molecule has 0 aliphatic carbocycles. The minimum atomic E-state index is -0.733. The van der Waals surface area contributed by atoms with Gasteiger partial charge in [0, 0.05) is 35.4 Å². The van der Waals surface area contributed by atoms with Crippen LogP contribution in [0.5, 0.6) is 0 Å². The van der Waals surface area contributed by atoms with Crippen LogP contribution in [0.2, 0.25) is 5.02 Å². The third-order valence-electron chi connectivity index (χ3n) is 5.04. The molecule has 2 aromatic rings. The van der Waals surface area contributed by atoms with Gasteiger partial charge in [0.05, 0.1) is 0 Å². The number of carbonyl (C=O) groups excluding carboxylic acids is 3. The molecule has 0 unspecified atom stereocenters. The highest BCUT2D eigenvalue weighted by Gasteiger charge is 2.25. The second kappa shape index (κ2) is 9.76. The number of hydrogen-bond donors (Lipinski definition) is 2. The maximum Gasteiger partial charge on any atom is 0.313 e. The van der Waals surface area contributed by atoms with Crippen LogP contribution in [0, 0.1) is 5.92 Å². The molecule has 0 atom stereocenters. The van der Waals surface area contributed by atoms with Crippen molar-refractivity contribution < 1.29 is 14.4 Å². The summed E-state index contributed by atoms with van der Waals surface area (Å²) < 4.78 is 0. The third-order valence-corrected chi connectivity index (χ3v) is 5.29. The predicted octanol–water partition coefficient (Wildman–Crippen LogP) is 3.57. The van der Waals surface area contributed by atoms with Gasteiger partial charge in [0.15, 0.2) is 0 Å². The van der Waals surface area contributed by atoms with Crippen molar-refractivity contribution >= 4 is 40.7 Å². The molecular formula is C23H26ClN3O3. The Kier molecular flexibility index (Phi) is 7.11. The van der Waals surface area contributed by atoms with E-state index in [9.17, 15) is 14.4 Å². The van der Waals surface area contributed by atoms with E-state index < -0.39 is 11.8 Å². The van der Waals surface area contributed by atoms with E-state index in [4.69, 9.17) is 11.6 Å². The topological polar surface area (TPSA) is 78.5 Å². The second-order valence-corrected chi connectivity index (χ2v) is 8.11. The van der Waals surface area contributed by atoms with Crippen LogP contribution in [-0.2, 0) is 27.2 Å². The lowest BCUT2D eigenvalue weighted by molar-refractivity contribution is -0.136. The molecule has 7 heteroatoms. The highest BCUT2D eigenvalue weighted by Crippen LogP contribution is 2.31. The second-order valence-electron chi connectivity index (χ2n) is 7.68. The van der Waals surface area contributed by atoms with Gasteiger partial charge >= 0.3 is 11.8 Å². The zero-order valence-corrected chi connectivity index (χ0v) is 18.0. The SMILES string of the molecule is CC(C)C(=O)N1CCCc2ccc(NC(=O)C(=O)NCCc3ccc(Cl)cc3)cc21. The van der Waals surface area contributed by atoms with Gasteiger partial charge < -0.3 is 15.5 Å². The van der Waals surface area contributed by atoms with Gasteiger partial charge in [-0.3, -0.25) is 14.4 Å². The highest BCUT2D eigenvalue weighted by molar-refractivity contribution is 6.39. The number of aryl methyl sites for hydroxylation is 1. The molecule has 0 saturated carbocycles. The Morgan fingerprint density at radius 2 is 1.80 bits per heavy atom. The minimum absolute atomic E-state index is 0.0550. The molecule has 0 fully saturated rings. The average Bonchev–Trinajstić information content (AvgIpc) is 2.74. The van der Waals surface area contributed by atoms with E-state index >= 15 is 0 Å². The third kappa shape index (κ3) is 5.39. The number of rotatable bonds is 5. The Morgan fingerprint density at radius 1 is 1.07 bits per heavy atom. The van der Waals surface area contributed by atoms with Crippen LogP contribution in [0.15, 0.2) is 42.5 Å². The molecule has 0 aromatic heterocycles. The molecular weight excluding hydrogens is 402 g/mol.